The first kappa shape index (κ1) is 17.4. The molecule has 22 heavy (non-hydrogen) atoms. The quantitative estimate of drug-likeness (QED) is 0.595. The third kappa shape index (κ3) is 7.83. The lowest BCUT2D eigenvalue weighted by Crippen LogP contribution is -2.11. The molecular weight excluding hydrogens is 300 g/mol. The topological polar surface area (TPSA) is 115 Å². The minimum Gasteiger partial charge on any atom is -0.399 e. The molecule has 3 aromatic rings. The first-order valence-electron chi connectivity index (χ1n) is 6.31. The largest absolute Gasteiger partial charge is 0.399 e. The van der Waals surface area contributed by atoms with Crippen molar-refractivity contribution in [3.63, 3.8) is 0 Å². The number of benzene rings is 1. The van der Waals surface area contributed by atoms with Crippen LogP contribution in [-0.4, -0.2) is 18.4 Å². The second-order valence-electron chi connectivity index (χ2n) is 4.02. The predicted octanol–water partition coefficient (Wildman–Crippen LogP) is 2.01. The molecule has 7 heteroatoms. The van der Waals surface area contributed by atoms with Crippen molar-refractivity contribution in [2.45, 2.75) is 4.90 Å². The molecule has 116 valence electrons. The lowest BCUT2D eigenvalue weighted by atomic mass is 10.3. The van der Waals surface area contributed by atoms with E-state index >= 15 is 0 Å². The zero-order valence-electron chi connectivity index (χ0n) is 11.8. The van der Waals surface area contributed by atoms with Crippen molar-refractivity contribution in [1.82, 2.24) is 9.97 Å². The first-order valence-corrected chi connectivity index (χ1v) is 7.86. The number of nitrogens with two attached hydrogens (primary N) is 2. The van der Waals surface area contributed by atoms with Gasteiger partial charge in [0, 0.05) is 30.5 Å². The minimum absolute atomic E-state index is 0.0756. The van der Waals surface area contributed by atoms with E-state index in [-0.39, 0.29) is 4.90 Å². The van der Waals surface area contributed by atoms with Gasteiger partial charge in [-0.3, -0.25) is 4.98 Å². The van der Waals surface area contributed by atoms with Gasteiger partial charge in [-0.2, -0.15) is 0 Å². The molecule has 1 aromatic carbocycles. The SMILES string of the molecule is Nc1ccc(S(N)(=O)=O)cc1.c1cc[nH]c1.c1ccncc1. The molecule has 0 aliphatic heterocycles. The highest BCUT2D eigenvalue weighted by Crippen LogP contribution is 2.08. The number of aromatic nitrogens is 2. The number of hydrogen-bond donors (Lipinski definition) is 3. The Balaban J connectivity index is 0.000000184. The van der Waals surface area contributed by atoms with E-state index in [1.165, 1.54) is 24.3 Å². The van der Waals surface area contributed by atoms with Gasteiger partial charge in [0.2, 0.25) is 10.0 Å². The van der Waals surface area contributed by atoms with E-state index in [2.05, 4.69) is 9.97 Å². The van der Waals surface area contributed by atoms with Gasteiger partial charge in [0.1, 0.15) is 0 Å². The fraction of sp³-hybridized carbons (Fsp3) is 0. The van der Waals surface area contributed by atoms with Gasteiger partial charge in [-0.1, -0.05) is 6.07 Å². The van der Waals surface area contributed by atoms with E-state index in [4.69, 9.17) is 10.9 Å². The Morgan fingerprint density at radius 1 is 0.864 bits per heavy atom. The maximum atomic E-state index is 10.7. The van der Waals surface area contributed by atoms with Crippen LogP contribution in [0.5, 0.6) is 0 Å². The standard InChI is InChI=1S/C6H8N2O2S.C5H5N.C4H5N/c7-5-1-3-6(4-2-5)11(8,9)10;1-2-4-6-5-3-1;1-2-4-5-3-1/h1-4H,7H2,(H2,8,9,10);1-5H;1-5H. The number of sulfonamides is 1. The van der Waals surface area contributed by atoms with E-state index in [9.17, 15) is 8.42 Å². The normalized spacial score (nSPS) is 9.68. The van der Waals surface area contributed by atoms with Crippen LogP contribution in [0.4, 0.5) is 5.69 Å². The van der Waals surface area contributed by atoms with Crippen LogP contribution in [0.15, 0.2) is 84.3 Å². The Labute approximate surface area is 129 Å². The summed E-state index contributed by atoms with van der Waals surface area (Å²) in [5.74, 6) is 0. The summed E-state index contributed by atoms with van der Waals surface area (Å²) in [4.78, 5) is 6.72. The average Bonchev–Trinajstić information content (AvgIpc) is 3.09. The molecule has 0 atom stereocenters. The molecule has 6 nitrogen and oxygen atoms in total. The number of nitrogen functional groups attached to an aromatic ring is 1. The van der Waals surface area contributed by atoms with Crippen molar-refractivity contribution in [1.29, 1.82) is 0 Å². The van der Waals surface area contributed by atoms with E-state index in [1.807, 2.05) is 42.7 Å². The van der Waals surface area contributed by atoms with E-state index in [1.54, 1.807) is 12.4 Å². The van der Waals surface area contributed by atoms with Gasteiger partial charge in [0.25, 0.3) is 0 Å². The van der Waals surface area contributed by atoms with E-state index in [0.717, 1.165) is 0 Å². The van der Waals surface area contributed by atoms with Crippen LogP contribution in [0.2, 0.25) is 0 Å². The second-order valence-corrected chi connectivity index (χ2v) is 5.58. The van der Waals surface area contributed by atoms with Gasteiger partial charge >= 0.3 is 0 Å². The van der Waals surface area contributed by atoms with Crippen LogP contribution in [0.1, 0.15) is 0 Å². The zero-order valence-corrected chi connectivity index (χ0v) is 12.6. The lowest BCUT2D eigenvalue weighted by molar-refractivity contribution is 0.598. The summed E-state index contributed by atoms with van der Waals surface area (Å²) in [5.41, 5.74) is 5.85. The molecule has 0 aliphatic carbocycles. The Morgan fingerprint density at radius 3 is 1.68 bits per heavy atom. The van der Waals surface area contributed by atoms with Gasteiger partial charge in [-0.15, -0.1) is 0 Å². The van der Waals surface area contributed by atoms with Gasteiger partial charge in [0.15, 0.2) is 0 Å². The highest BCUT2D eigenvalue weighted by Gasteiger charge is 2.04. The fourth-order valence-corrected chi connectivity index (χ4v) is 1.76. The minimum atomic E-state index is -3.58. The van der Waals surface area contributed by atoms with E-state index < -0.39 is 10.0 Å². The summed E-state index contributed by atoms with van der Waals surface area (Å²) >= 11 is 0. The Bertz CT molecular complexity index is 668. The number of H-pyrrole nitrogens is 1. The molecular formula is C15H18N4O2S. The van der Waals surface area contributed by atoms with E-state index in [0.29, 0.717) is 5.69 Å². The highest BCUT2D eigenvalue weighted by atomic mass is 32.2. The average molecular weight is 318 g/mol. The number of aromatic amines is 1. The number of primary sulfonamides is 1. The molecule has 0 aliphatic rings. The third-order valence-electron chi connectivity index (χ3n) is 2.27. The van der Waals surface area contributed by atoms with Crippen molar-refractivity contribution in [3.8, 4) is 0 Å². The van der Waals surface area contributed by atoms with Gasteiger partial charge < -0.3 is 10.7 Å². The smallest absolute Gasteiger partial charge is 0.238 e. The second kappa shape index (κ2) is 9.32. The summed E-state index contributed by atoms with van der Waals surface area (Å²) in [6, 6.07) is 15.3. The maximum absolute atomic E-state index is 10.7. The van der Waals surface area contributed by atoms with Crippen LogP contribution in [0, 0.1) is 0 Å². The van der Waals surface area contributed by atoms with Crippen molar-refractivity contribution in [3.05, 3.63) is 79.4 Å². The molecule has 5 N–H and O–H groups in total. The molecule has 0 saturated heterocycles. The Morgan fingerprint density at radius 2 is 1.41 bits per heavy atom. The number of nitrogens with zero attached hydrogens (tertiary/aromatic N) is 1. The summed E-state index contributed by atoms with van der Waals surface area (Å²) < 4.78 is 21.4. The van der Waals surface area contributed by atoms with Crippen molar-refractivity contribution in [2.75, 3.05) is 5.73 Å². The molecule has 3 rings (SSSR count). The van der Waals surface area contributed by atoms with Gasteiger partial charge in [-0.05, 0) is 48.5 Å². The summed E-state index contributed by atoms with van der Waals surface area (Å²) in [7, 11) is -3.58. The molecule has 0 fully saturated rings. The Hall–Kier alpha value is -2.64. The lowest BCUT2D eigenvalue weighted by Gasteiger charge is -1.96. The maximum Gasteiger partial charge on any atom is 0.238 e. The van der Waals surface area contributed by atoms with Gasteiger partial charge in [-0.25, -0.2) is 13.6 Å². The highest BCUT2D eigenvalue weighted by molar-refractivity contribution is 7.89. The molecule has 0 amide bonds. The number of pyridine rings is 1. The molecule has 0 bridgehead atoms. The molecule has 2 heterocycles. The van der Waals surface area contributed by atoms with Crippen LogP contribution in [0.3, 0.4) is 0 Å². The van der Waals surface area contributed by atoms with Gasteiger partial charge in [0.05, 0.1) is 4.90 Å². The van der Waals surface area contributed by atoms with Crippen LogP contribution >= 0.6 is 0 Å². The van der Waals surface area contributed by atoms with Crippen molar-refractivity contribution in [2.24, 2.45) is 5.14 Å². The molecule has 0 unspecified atom stereocenters. The van der Waals surface area contributed by atoms with Crippen molar-refractivity contribution < 1.29 is 8.42 Å². The van der Waals surface area contributed by atoms with Crippen LogP contribution < -0.4 is 10.9 Å². The third-order valence-corrected chi connectivity index (χ3v) is 3.20. The number of hydrogen-bond acceptors (Lipinski definition) is 4. The number of nitrogens with one attached hydrogen (secondary N) is 1. The summed E-state index contributed by atoms with van der Waals surface area (Å²) in [5, 5.41) is 4.84. The summed E-state index contributed by atoms with van der Waals surface area (Å²) in [6.45, 7) is 0. The fourth-order valence-electron chi connectivity index (χ4n) is 1.25. The first-order chi connectivity index (χ1) is 10.5. The molecule has 0 spiro atoms. The molecule has 2 aromatic heterocycles. The summed E-state index contributed by atoms with van der Waals surface area (Å²) in [6.07, 6.45) is 7.25. The molecule has 0 saturated carbocycles. The predicted molar refractivity (Wildman–Crippen MR) is 87.3 cm³/mol. The number of rotatable bonds is 1. The van der Waals surface area contributed by atoms with Crippen molar-refractivity contribution >= 4 is 15.7 Å². The molecule has 0 radical (unpaired) electrons. The monoisotopic (exact) mass is 318 g/mol. The van der Waals surface area contributed by atoms with Crippen LogP contribution in [-0.2, 0) is 10.0 Å². The number of anilines is 1. The Kier molecular flexibility index (Phi) is 7.38. The van der Waals surface area contributed by atoms with Crippen LogP contribution in [0.25, 0.3) is 0 Å². The zero-order chi connectivity index (χ0) is 16.3.